The number of ether oxygens (including phenoxy) is 1. The van der Waals surface area contributed by atoms with Crippen LogP contribution in [0.1, 0.15) is 18.9 Å². The van der Waals surface area contributed by atoms with Crippen LogP contribution in [0.25, 0.3) is 11.1 Å². The first kappa shape index (κ1) is 17.2. The Balaban J connectivity index is 2.21. The van der Waals surface area contributed by atoms with Gasteiger partial charge in [-0.05, 0) is 66.8 Å². The topological polar surface area (TPSA) is 29.5 Å². The Bertz CT molecular complexity index is 600. The first-order chi connectivity index (χ1) is 10.6. The molecule has 0 bridgehead atoms. The van der Waals surface area contributed by atoms with Crippen molar-refractivity contribution >= 4 is 29.6 Å². The normalized spacial score (nSPS) is 10.9. The molecule has 5 heteroatoms. The van der Waals surface area contributed by atoms with Gasteiger partial charge in [-0.3, -0.25) is 0 Å². The molecule has 0 aliphatic rings. The summed E-state index contributed by atoms with van der Waals surface area (Å²) in [6, 6.07) is 14.4. The van der Waals surface area contributed by atoms with Crippen LogP contribution in [0.3, 0.4) is 0 Å². The summed E-state index contributed by atoms with van der Waals surface area (Å²) in [5.41, 5.74) is 3.36. The van der Waals surface area contributed by atoms with E-state index in [0.29, 0.717) is 6.61 Å². The zero-order valence-electron chi connectivity index (χ0n) is 12.6. The highest BCUT2D eigenvalue weighted by atomic mass is 35.7. The monoisotopic (exact) mass is 354 g/mol. The molecule has 0 amide bonds. The number of rotatable bonds is 7. The van der Waals surface area contributed by atoms with Crippen LogP contribution < -0.4 is 4.74 Å². The van der Waals surface area contributed by atoms with Crippen LogP contribution in [-0.2, 0) is 6.42 Å². The van der Waals surface area contributed by atoms with Crippen molar-refractivity contribution in [2.45, 2.75) is 25.8 Å². The number of aryl methyl sites for hydroxylation is 1. The standard InChI is InChI=1S/C17H20Cl2O2Si/c1-2-21-16-8-5-13(6-9-16)17-10-7-15(20)12-14(17)4-3-11-22(18)19/h5-10,12,20,22H,2-4,11H2,1H3. The molecule has 0 aliphatic heterocycles. The molecule has 2 rings (SSSR count). The van der Waals surface area contributed by atoms with Crippen molar-refractivity contribution in [2.24, 2.45) is 0 Å². The molecule has 0 aromatic heterocycles. The molecule has 0 saturated heterocycles. The molecule has 2 nitrogen and oxygen atoms in total. The maximum atomic E-state index is 9.74. The fourth-order valence-corrected chi connectivity index (χ4v) is 3.85. The van der Waals surface area contributed by atoms with E-state index in [0.717, 1.165) is 41.3 Å². The van der Waals surface area contributed by atoms with E-state index in [2.05, 4.69) is 0 Å². The van der Waals surface area contributed by atoms with E-state index in [1.807, 2.05) is 43.3 Å². The Morgan fingerprint density at radius 2 is 1.82 bits per heavy atom. The van der Waals surface area contributed by atoms with Gasteiger partial charge < -0.3 is 9.84 Å². The van der Waals surface area contributed by atoms with Crippen LogP contribution in [-0.4, -0.2) is 19.1 Å². The number of halogens is 2. The Morgan fingerprint density at radius 1 is 1.09 bits per heavy atom. The lowest BCUT2D eigenvalue weighted by Crippen LogP contribution is -1.96. The highest BCUT2D eigenvalue weighted by Gasteiger charge is 2.09. The number of phenolic OH excluding ortho intramolecular Hbond substituents is 1. The molecule has 0 saturated carbocycles. The third-order valence-corrected chi connectivity index (χ3v) is 5.59. The van der Waals surface area contributed by atoms with Crippen molar-refractivity contribution in [2.75, 3.05) is 6.61 Å². The first-order valence-corrected chi connectivity index (χ1v) is 11.7. The molecule has 2 aromatic carbocycles. The first-order valence-electron chi connectivity index (χ1n) is 7.43. The van der Waals surface area contributed by atoms with Crippen LogP contribution in [0.4, 0.5) is 0 Å². The predicted octanol–water partition coefficient (Wildman–Crippen LogP) is 5.09. The van der Waals surface area contributed by atoms with Gasteiger partial charge in [0.15, 0.2) is 0 Å². The van der Waals surface area contributed by atoms with Crippen molar-refractivity contribution in [1.29, 1.82) is 0 Å². The molecule has 22 heavy (non-hydrogen) atoms. The van der Waals surface area contributed by atoms with E-state index in [9.17, 15) is 5.11 Å². The van der Waals surface area contributed by atoms with Gasteiger partial charge in [-0.2, -0.15) is 22.2 Å². The van der Waals surface area contributed by atoms with Crippen LogP contribution in [0.15, 0.2) is 42.5 Å². The minimum atomic E-state index is -1.56. The minimum Gasteiger partial charge on any atom is -0.508 e. The lowest BCUT2D eigenvalue weighted by atomic mass is 9.96. The molecule has 0 radical (unpaired) electrons. The van der Waals surface area contributed by atoms with E-state index in [-0.39, 0.29) is 5.75 Å². The van der Waals surface area contributed by atoms with Crippen LogP contribution >= 0.6 is 22.2 Å². The summed E-state index contributed by atoms with van der Waals surface area (Å²) in [6.45, 7) is 2.63. The maximum absolute atomic E-state index is 9.74. The van der Waals surface area contributed by atoms with Crippen LogP contribution in [0.2, 0.25) is 6.04 Å². The van der Waals surface area contributed by atoms with Gasteiger partial charge in [0, 0.05) is 0 Å². The van der Waals surface area contributed by atoms with E-state index in [1.165, 1.54) is 0 Å². The molecule has 0 unspecified atom stereocenters. The van der Waals surface area contributed by atoms with E-state index >= 15 is 0 Å². The fraction of sp³-hybridized carbons (Fsp3) is 0.294. The van der Waals surface area contributed by atoms with Crippen molar-refractivity contribution in [3.8, 4) is 22.6 Å². The molecule has 0 aliphatic carbocycles. The average molecular weight is 355 g/mol. The minimum absolute atomic E-state index is 0.287. The zero-order chi connectivity index (χ0) is 15.9. The summed E-state index contributed by atoms with van der Waals surface area (Å²) >= 11 is 11.8. The van der Waals surface area contributed by atoms with Gasteiger partial charge in [0.05, 0.1) is 6.61 Å². The van der Waals surface area contributed by atoms with Gasteiger partial charge in [0.1, 0.15) is 11.5 Å². The molecule has 118 valence electrons. The summed E-state index contributed by atoms with van der Waals surface area (Å²) in [7, 11) is -1.56. The Labute approximate surface area is 142 Å². The van der Waals surface area contributed by atoms with Gasteiger partial charge in [-0.25, -0.2) is 0 Å². The molecule has 2 aromatic rings. The highest BCUT2D eigenvalue weighted by Crippen LogP contribution is 2.30. The number of phenols is 1. The lowest BCUT2D eigenvalue weighted by Gasteiger charge is -2.11. The van der Waals surface area contributed by atoms with Crippen molar-refractivity contribution in [1.82, 2.24) is 0 Å². The van der Waals surface area contributed by atoms with Crippen molar-refractivity contribution in [3.63, 3.8) is 0 Å². The summed E-state index contributed by atoms with van der Waals surface area (Å²) in [5, 5.41) is 9.74. The molecule has 0 spiro atoms. The molecular formula is C17H20Cl2O2Si. The summed E-state index contributed by atoms with van der Waals surface area (Å²) in [4.78, 5) is 0. The van der Waals surface area contributed by atoms with Gasteiger partial charge in [-0.1, -0.05) is 18.2 Å². The third kappa shape index (κ3) is 4.94. The fourth-order valence-electron chi connectivity index (χ4n) is 2.41. The molecular weight excluding hydrogens is 335 g/mol. The Morgan fingerprint density at radius 3 is 2.45 bits per heavy atom. The van der Waals surface area contributed by atoms with Gasteiger partial charge in [0.2, 0.25) is 7.42 Å². The van der Waals surface area contributed by atoms with Gasteiger partial charge in [0.25, 0.3) is 0 Å². The molecule has 0 heterocycles. The lowest BCUT2D eigenvalue weighted by molar-refractivity contribution is 0.340. The SMILES string of the molecule is CCOc1ccc(-c2ccc(O)cc2CCC[SiH](Cl)Cl)cc1. The second-order valence-electron chi connectivity index (χ2n) is 5.08. The molecule has 0 atom stereocenters. The number of aromatic hydroxyl groups is 1. The quantitative estimate of drug-likeness (QED) is 0.554. The van der Waals surface area contributed by atoms with Gasteiger partial charge >= 0.3 is 0 Å². The van der Waals surface area contributed by atoms with Crippen LogP contribution in [0.5, 0.6) is 11.5 Å². The summed E-state index contributed by atoms with van der Waals surface area (Å²) in [6.07, 6.45) is 1.80. The van der Waals surface area contributed by atoms with Crippen molar-refractivity contribution < 1.29 is 9.84 Å². The van der Waals surface area contributed by atoms with Crippen LogP contribution in [0, 0.1) is 0 Å². The molecule has 1 N–H and O–H groups in total. The predicted molar refractivity (Wildman–Crippen MR) is 96.7 cm³/mol. The van der Waals surface area contributed by atoms with Gasteiger partial charge in [-0.15, -0.1) is 0 Å². The van der Waals surface area contributed by atoms with E-state index < -0.39 is 7.42 Å². The number of benzene rings is 2. The Kier molecular flexibility index (Phi) is 6.62. The maximum Gasteiger partial charge on any atom is 0.237 e. The second-order valence-corrected chi connectivity index (χ2v) is 10.3. The molecule has 0 fully saturated rings. The number of hydrogen-bond acceptors (Lipinski definition) is 2. The zero-order valence-corrected chi connectivity index (χ0v) is 15.2. The summed E-state index contributed by atoms with van der Waals surface area (Å²) < 4.78 is 5.47. The van der Waals surface area contributed by atoms with E-state index in [1.54, 1.807) is 6.07 Å². The second kappa shape index (κ2) is 8.46. The summed E-state index contributed by atoms with van der Waals surface area (Å²) in [5.74, 6) is 1.15. The van der Waals surface area contributed by atoms with Crippen molar-refractivity contribution in [3.05, 3.63) is 48.0 Å². The smallest absolute Gasteiger partial charge is 0.237 e. The average Bonchev–Trinajstić information content (AvgIpc) is 2.48. The largest absolute Gasteiger partial charge is 0.508 e. The van der Waals surface area contributed by atoms with E-state index in [4.69, 9.17) is 26.9 Å². The Hall–Kier alpha value is -1.16. The highest BCUT2D eigenvalue weighted by molar-refractivity contribution is 7.33. The number of hydrogen-bond donors (Lipinski definition) is 1. The third-order valence-electron chi connectivity index (χ3n) is 3.43.